The van der Waals surface area contributed by atoms with Gasteiger partial charge in [-0.1, -0.05) is 42.5 Å². The number of hydrogen-bond acceptors (Lipinski definition) is 3. The van der Waals surface area contributed by atoms with Crippen LogP contribution in [0.4, 0.5) is 11.4 Å². The van der Waals surface area contributed by atoms with Gasteiger partial charge in [-0.25, -0.2) is 0 Å². The van der Waals surface area contributed by atoms with E-state index in [-0.39, 0.29) is 0 Å². The molecule has 27 heavy (non-hydrogen) atoms. The molecule has 1 fully saturated rings. The molecule has 0 spiro atoms. The van der Waals surface area contributed by atoms with Crippen molar-refractivity contribution in [3.63, 3.8) is 0 Å². The normalized spacial score (nSPS) is 23.5. The van der Waals surface area contributed by atoms with Crippen LogP contribution in [-0.2, 0) is 19.4 Å². The van der Waals surface area contributed by atoms with Crippen LogP contribution in [0.15, 0.2) is 60.0 Å². The number of anilines is 2. The van der Waals surface area contributed by atoms with Crippen molar-refractivity contribution in [3.8, 4) is 0 Å². The maximum Gasteiger partial charge on any atom is 0.0483 e. The Morgan fingerprint density at radius 2 is 1.81 bits per heavy atom. The van der Waals surface area contributed by atoms with Crippen molar-refractivity contribution >= 4 is 22.7 Å². The van der Waals surface area contributed by atoms with Gasteiger partial charge in [0.25, 0.3) is 0 Å². The molecule has 0 saturated carbocycles. The molecule has 0 radical (unpaired) electrons. The van der Waals surface area contributed by atoms with Crippen LogP contribution in [0, 0.1) is 0 Å². The Bertz CT molecular complexity index is 978. The topological polar surface area (TPSA) is 6.48 Å². The number of likely N-dealkylation sites (tertiary alicyclic amines) is 1. The summed E-state index contributed by atoms with van der Waals surface area (Å²) in [6.45, 7) is 3.48. The van der Waals surface area contributed by atoms with Crippen molar-refractivity contribution in [2.24, 2.45) is 0 Å². The van der Waals surface area contributed by atoms with Gasteiger partial charge in [-0.15, -0.1) is 11.3 Å². The minimum atomic E-state index is 0.611. The van der Waals surface area contributed by atoms with Gasteiger partial charge in [0.15, 0.2) is 0 Å². The number of nitrogens with zero attached hydrogens (tertiary/aromatic N) is 2. The van der Waals surface area contributed by atoms with Gasteiger partial charge >= 0.3 is 0 Å². The molecular formula is C24H24N2S. The maximum absolute atomic E-state index is 2.72. The molecule has 2 atom stereocenters. The summed E-state index contributed by atoms with van der Waals surface area (Å²) >= 11 is 1.89. The van der Waals surface area contributed by atoms with Gasteiger partial charge < -0.3 is 4.90 Å². The lowest BCUT2D eigenvalue weighted by Crippen LogP contribution is -2.44. The summed E-state index contributed by atoms with van der Waals surface area (Å²) < 4.78 is 0. The Kier molecular flexibility index (Phi) is 3.66. The minimum absolute atomic E-state index is 0.611. The number of hydrogen-bond donors (Lipinski definition) is 0. The standard InChI is InChI=1S/C24H24N2S/c1-2-9-22-17(5-1)10-11-18-6-3-8-20-21-16-25(15-19-7-4-14-27-19)13-12-23(21)26(22)24(18)20/h1-9,14,21,23H,10-13,15-16H2/t21-,23+/m0/s1. The van der Waals surface area contributed by atoms with Crippen LogP contribution in [0.2, 0.25) is 0 Å². The largest absolute Gasteiger partial charge is 0.337 e. The predicted molar refractivity (Wildman–Crippen MR) is 113 cm³/mol. The average Bonchev–Trinajstić information content (AvgIpc) is 3.28. The SMILES string of the molecule is c1csc(CN2CC[C@@H]3[C@@H](C2)c2cccc4c2N3c2ccccc2CC4)c1. The molecule has 2 nitrogen and oxygen atoms in total. The number of aryl methyl sites for hydroxylation is 2. The van der Waals surface area contributed by atoms with E-state index in [1.165, 1.54) is 41.3 Å². The number of fused-ring (bicyclic) bond motifs is 5. The number of benzene rings is 2. The summed E-state index contributed by atoms with van der Waals surface area (Å²) in [4.78, 5) is 6.88. The highest BCUT2D eigenvalue weighted by Crippen LogP contribution is 2.52. The summed E-state index contributed by atoms with van der Waals surface area (Å²) in [5.41, 5.74) is 7.65. The van der Waals surface area contributed by atoms with E-state index in [9.17, 15) is 0 Å². The Morgan fingerprint density at radius 1 is 0.926 bits per heavy atom. The molecule has 3 aliphatic rings. The van der Waals surface area contributed by atoms with Gasteiger partial charge in [-0.05, 0) is 53.5 Å². The Labute approximate surface area is 165 Å². The first-order valence-corrected chi connectivity index (χ1v) is 11.0. The molecule has 1 saturated heterocycles. The highest BCUT2D eigenvalue weighted by Gasteiger charge is 2.44. The average molecular weight is 373 g/mol. The van der Waals surface area contributed by atoms with E-state index in [4.69, 9.17) is 0 Å². The van der Waals surface area contributed by atoms with E-state index in [2.05, 4.69) is 69.8 Å². The van der Waals surface area contributed by atoms with Gasteiger partial charge in [-0.3, -0.25) is 4.90 Å². The predicted octanol–water partition coefficient (Wildman–Crippen LogP) is 5.36. The van der Waals surface area contributed by atoms with E-state index in [0.29, 0.717) is 12.0 Å². The minimum Gasteiger partial charge on any atom is -0.337 e. The fourth-order valence-electron chi connectivity index (χ4n) is 5.49. The van der Waals surface area contributed by atoms with Crippen LogP contribution >= 0.6 is 11.3 Å². The second-order valence-corrected chi connectivity index (χ2v) is 9.16. The molecule has 0 aliphatic carbocycles. The number of thiophene rings is 1. The van der Waals surface area contributed by atoms with Crippen LogP contribution in [0.1, 0.15) is 33.9 Å². The lowest BCUT2D eigenvalue weighted by molar-refractivity contribution is 0.191. The van der Waals surface area contributed by atoms with Crippen LogP contribution in [0.3, 0.4) is 0 Å². The zero-order valence-electron chi connectivity index (χ0n) is 15.5. The van der Waals surface area contributed by atoms with Crippen LogP contribution < -0.4 is 4.90 Å². The van der Waals surface area contributed by atoms with Gasteiger partial charge in [0.1, 0.15) is 0 Å². The quantitative estimate of drug-likeness (QED) is 0.598. The molecule has 6 rings (SSSR count). The van der Waals surface area contributed by atoms with E-state index in [0.717, 1.165) is 19.4 Å². The summed E-state index contributed by atoms with van der Waals surface area (Å²) in [5, 5.41) is 2.20. The Balaban J connectivity index is 1.41. The molecule has 0 N–H and O–H groups in total. The number of piperidine rings is 1. The van der Waals surface area contributed by atoms with Crippen LogP contribution in [0.25, 0.3) is 0 Å². The van der Waals surface area contributed by atoms with Crippen molar-refractivity contribution in [2.75, 3.05) is 18.0 Å². The number of rotatable bonds is 2. The van der Waals surface area contributed by atoms with Crippen molar-refractivity contribution in [1.29, 1.82) is 0 Å². The summed E-state index contributed by atoms with van der Waals surface area (Å²) in [6, 6.07) is 21.2. The van der Waals surface area contributed by atoms with E-state index in [1.807, 2.05) is 11.3 Å². The third-order valence-corrected chi connectivity index (χ3v) is 7.52. The summed E-state index contributed by atoms with van der Waals surface area (Å²) in [5.74, 6) is 0.625. The smallest absolute Gasteiger partial charge is 0.0483 e. The third-order valence-electron chi connectivity index (χ3n) is 6.66. The monoisotopic (exact) mass is 372 g/mol. The fourth-order valence-corrected chi connectivity index (χ4v) is 6.23. The Hall–Kier alpha value is -2.10. The third kappa shape index (κ3) is 2.49. The molecule has 0 bridgehead atoms. The fraction of sp³-hybridized carbons (Fsp3) is 0.333. The first kappa shape index (κ1) is 15.9. The second kappa shape index (κ2) is 6.22. The first-order valence-electron chi connectivity index (χ1n) is 10.1. The van der Waals surface area contributed by atoms with E-state index >= 15 is 0 Å². The zero-order valence-corrected chi connectivity index (χ0v) is 16.3. The lowest BCUT2D eigenvalue weighted by Gasteiger charge is -2.39. The molecule has 3 aromatic rings. The molecule has 4 heterocycles. The van der Waals surface area contributed by atoms with Gasteiger partial charge in [0.05, 0.1) is 0 Å². The van der Waals surface area contributed by atoms with Crippen molar-refractivity contribution in [3.05, 3.63) is 81.5 Å². The van der Waals surface area contributed by atoms with Crippen molar-refractivity contribution < 1.29 is 0 Å². The summed E-state index contributed by atoms with van der Waals surface area (Å²) in [7, 11) is 0. The molecular weight excluding hydrogens is 348 g/mol. The van der Waals surface area contributed by atoms with Crippen LogP contribution in [0.5, 0.6) is 0 Å². The molecule has 3 aliphatic heterocycles. The van der Waals surface area contributed by atoms with Gasteiger partial charge in [0, 0.05) is 47.8 Å². The molecule has 0 amide bonds. The molecule has 1 aromatic heterocycles. The molecule has 136 valence electrons. The first-order chi connectivity index (χ1) is 13.4. The van der Waals surface area contributed by atoms with Gasteiger partial charge in [0.2, 0.25) is 0 Å². The molecule has 3 heteroatoms. The highest BCUT2D eigenvalue weighted by molar-refractivity contribution is 7.09. The molecule has 0 unspecified atom stereocenters. The van der Waals surface area contributed by atoms with Crippen molar-refractivity contribution in [1.82, 2.24) is 4.90 Å². The highest BCUT2D eigenvalue weighted by atomic mass is 32.1. The van der Waals surface area contributed by atoms with Crippen LogP contribution in [-0.4, -0.2) is 24.0 Å². The summed E-state index contributed by atoms with van der Waals surface area (Å²) in [6.07, 6.45) is 3.57. The lowest BCUT2D eigenvalue weighted by atomic mass is 9.87. The maximum atomic E-state index is 2.72. The zero-order chi connectivity index (χ0) is 17.8. The molecule has 2 aromatic carbocycles. The van der Waals surface area contributed by atoms with Crippen molar-refractivity contribution in [2.45, 2.75) is 37.8 Å². The van der Waals surface area contributed by atoms with E-state index < -0.39 is 0 Å². The second-order valence-electron chi connectivity index (χ2n) is 8.13. The Morgan fingerprint density at radius 3 is 2.74 bits per heavy atom. The van der Waals surface area contributed by atoms with E-state index in [1.54, 1.807) is 11.1 Å². The van der Waals surface area contributed by atoms with Gasteiger partial charge in [-0.2, -0.15) is 0 Å². The number of para-hydroxylation sites is 2.